The van der Waals surface area contributed by atoms with Crippen molar-refractivity contribution in [3.05, 3.63) is 65.8 Å². The van der Waals surface area contributed by atoms with Gasteiger partial charge in [0.15, 0.2) is 17.5 Å². The highest BCUT2D eigenvalue weighted by Gasteiger charge is 2.32. The topological polar surface area (TPSA) is 9.23 Å². The van der Waals surface area contributed by atoms with Gasteiger partial charge in [0.2, 0.25) is 0 Å². The van der Waals surface area contributed by atoms with Crippen molar-refractivity contribution in [2.45, 2.75) is 90.1 Å². The molecule has 2 aromatic rings. The van der Waals surface area contributed by atoms with Crippen LogP contribution in [0, 0.1) is 46.9 Å². The van der Waals surface area contributed by atoms with Crippen LogP contribution in [-0.2, 0) is 0 Å². The molecule has 0 saturated heterocycles. The van der Waals surface area contributed by atoms with E-state index >= 15 is 0 Å². The fraction of sp³-hybridized carbons (Fsp3) is 0.562. The highest BCUT2D eigenvalue weighted by molar-refractivity contribution is 5.65. The molecule has 39 heavy (non-hydrogen) atoms. The second-order valence-electron chi connectivity index (χ2n) is 11.4. The number of unbranched alkanes of at least 4 members (excludes halogenated alkanes) is 2. The minimum atomic E-state index is -3.64. The van der Waals surface area contributed by atoms with E-state index in [1.165, 1.54) is 57.4 Å². The standard InChI is InChI=1S/C32H38F6O/c1-2-3-4-5-21-6-10-23(11-7-21)24-12-8-22(9-13-24)16-17-32(37,38)39-26-14-15-27(28(33)20-26)25-18-29(34)31(36)30(35)19-25/h14-24H,2-13H2,1H3. The first-order chi connectivity index (χ1) is 18.6. The van der Waals surface area contributed by atoms with Crippen LogP contribution in [0.1, 0.15) is 84.0 Å². The molecule has 0 spiro atoms. The quantitative estimate of drug-likeness (QED) is 0.123. The molecular formula is C32H38F6O. The van der Waals surface area contributed by atoms with Gasteiger partial charge in [0.05, 0.1) is 0 Å². The Morgan fingerprint density at radius 3 is 2.00 bits per heavy atom. The summed E-state index contributed by atoms with van der Waals surface area (Å²) in [4.78, 5) is 0. The molecular weight excluding hydrogens is 514 g/mol. The van der Waals surface area contributed by atoms with Crippen LogP contribution in [0.4, 0.5) is 26.3 Å². The molecule has 214 valence electrons. The molecule has 4 rings (SSSR count). The second-order valence-corrected chi connectivity index (χ2v) is 11.4. The third kappa shape index (κ3) is 8.04. The minimum absolute atomic E-state index is 0.0588. The summed E-state index contributed by atoms with van der Waals surface area (Å²) in [6.07, 6.45) is 13.0. The number of alkyl halides is 2. The summed E-state index contributed by atoms with van der Waals surface area (Å²) in [5, 5.41) is 0. The average Bonchev–Trinajstić information content (AvgIpc) is 2.91. The Morgan fingerprint density at radius 1 is 0.795 bits per heavy atom. The van der Waals surface area contributed by atoms with E-state index in [2.05, 4.69) is 6.92 Å². The monoisotopic (exact) mass is 552 g/mol. The van der Waals surface area contributed by atoms with E-state index in [-0.39, 0.29) is 17.0 Å². The molecule has 1 nitrogen and oxygen atoms in total. The SMILES string of the molecule is CCCCCC1CCC(C2CCC(C=CC(F)(F)Oc3ccc(-c4cc(F)c(F)c(F)c4)c(F)c3)CC2)CC1. The van der Waals surface area contributed by atoms with Gasteiger partial charge in [-0.05, 0) is 92.0 Å². The lowest BCUT2D eigenvalue weighted by Gasteiger charge is -2.37. The summed E-state index contributed by atoms with van der Waals surface area (Å²) >= 11 is 0. The van der Waals surface area contributed by atoms with Gasteiger partial charge >= 0.3 is 6.11 Å². The maximum atomic E-state index is 14.6. The lowest BCUT2D eigenvalue weighted by molar-refractivity contribution is -0.132. The molecule has 2 aliphatic carbocycles. The molecule has 0 amide bonds. The molecule has 0 aromatic heterocycles. The Labute approximate surface area is 227 Å². The average molecular weight is 553 g/mol. The minimum Gasteiger partial charge on any atom is -0.429 e. The predicted molar refractivity (Wildman–Crippen MR) is 141 cm³/mol. The van der Waals surface area contributed by atoms with E-state index in [4.69, 9.17) is 4.74 Å². The number of rotatable bonds is 10. The van der Waals surface area contributed by atoms with Gasteiger partial charge in [0, 0.05) is 17.7 Å². The zero-order valence-corrected chi connectivity index (χ0v) is 22.5. The molecule has 0 radical (unpaired) electrons. The summed E-state index contributed by atoms with van der Waals surface area (Å²) < 4.78 is 88.5. The lowest BCUT2D eigenvalue weighted by atomic mass is 9.68. The van der Waals surface area contributed by atoms with Gasteiger partial charge < -0.3 is 4.74 Å². The normalized spacial score (nSPS) is 24.3. The third-order valence-corrected chi connectivity index (χ3v) is 8.64. The van der Waals surface area contributed by atoms with E-state index in [1.54, 1.807) is 0 Å². The van der Waals surface area contributed by atoms with Crippen molar-refractivity contribution >= 4 is 0 Å². The number of ether oxygens (including phenoxy) is 1. The van der Waals surface area contributed by atoms with Crippen LogP contribution in [0.15, 0.2) is 42.5 Å². The van der Waals surface area contributed by atoms with Crippen molar-refractivity contribution in [2.24, 2.45) is 23.7 Å². The second kappa shape index (κ2) is 13.3. The van der Waals surface area contributed by atoms with E-state index in [9.17, 15) is 26.3 Å². The fourth-order valence-electron chi connectivity index (χ4n) is 6.38. The largest absolute Gasteiger partial charge is 0.429 e. The van der Waals surface area contributed by atoms with Crippen molar-refractivity contribution in [1.29, 1.82) is 0 Å². The van der Waals surface area contributed by atoms with E-state index in [0.717, 1.165) is 61.8 Å². The Balaban J connectivity index is 1.26. The first-order valence-corrected chi connectivity index (χ1v) is 14.4. The van der Waals surface area contributed by atoms with E-state index in [1.807, 2.05) is 0 Å². The maximum Gasteiger partial charge on any atom is 0.419 e. The van der Waals surface area contributed by atoms with Crippen molar-refractivity contribution in [2.75, 3.05) is 0 Å². The first-order valence-electron chi connectivity index (χ1n) is 14.4. The number of allylic oxidation sites excluding steroid dienone is 1. The van der Waals surface area contributed by atoms with Gasteiger partial charge in [-0.25, -0.2) is 17.6 Å². The number of benzene rings is 2. The summed E-state index contributed by atoms with van der Waals surface area (Å²) in [6, 6.07) is 4.16. The van der Waals surface area contributed by atoms with Crippen LogP contribution >= 0.6 is 0 Å². The number of halogens is 6. The highest BCUT2D eigenvalue weighted by atomic mass is 19.3. The van der Waals surface area contributed by atoms with Gasteiger partial charge in [-0.2, -0.15) is 8.78 Å². The van der Waals surface area contributed by atoms with Crippen LogP contribution in [0.25, 0.3) is 11.1 Å². The summed E-state index contributed by atoms with van der Waals surface area (Å²) in [5.74, 6) is -3.67. The van der Waals surface area contributed by atoms with Crippen LogP contribution in [-0.4, -0.2) is 6.11 Å². The van der Waals surface area contributed by atoms with Gasteiger partial charge in [0.25, 0.3) is 0 Å². The Hall–Kier alpha value is -2.44. The Kier molecular flexibility index (Phi) is 10.1. The van der Waals surface area contributed by atoms with E-state index in [0.29, 0.717) is 18.1 Å². The summed E-state index contributed by atoms with van der Waals surface area (Å²) in [6.45, 7) is 2.24. The maximum absolute atomic E-state index is 14.6. The predicted octanol–water partition coefficient (Wildman–Crippen LogP) is 10.6. The molecule has 0 N–H and O–H groups in total. The molecule has 2 saturated carbocycles. The smallest absolute Gasteiger partial charge is 0.419 e. The molecule has 2 aliphatic rings. The molecule has 2 fully saturated rings. The van der Waals surface area contributed by atoms with Crippen molar-refractivity contribution in [3.8, 4) is 16.9 Å². The third-order valence-electron chi connectivity index (χ3n) is 8.64. The highest BCUT2D eigenvalue weighted by Crippen LogP contribution is 2.43. The van der Waals surface area contributed by atoms with Gasteiger partial charge in [-0.1, -0.05) is 51.5 Å². The molecule has 0 heterocycles. The summed E-state index contributed by atoms with van der Waals surface area (Å²) in [5.41, 5.74) is -0.515. The van der Waals surface area contributed by atoms with Gasteiger partial charge in [-0.3, -0.25) is 0 Å². The molecule has 0 atom stereocenters. The Morgan fingerprint density at radius 2 is 1.41 bits per heavy atom. The van der Waals surface area contributed by atoms with Crippen LogP contribution in [0.5, 0.6) is 5.75 Å². The molecule has 2 aromatic carbocycles. The number of hydrogen-bond donors (Lipinski definition) is 0. The van der Waals surface area contributed by atoms with E-state index < -0.39 is 35.1 Å². The molecule has 0 bridgehead atoms. The van der Waals surface area contributed by atoms with Crippen LogP contribution in [0.2, 0.25) is 0 Å². The van der Waals surface area contributed by atoms with Crippen molar-refractivity contribution < 1.29 is 31.1 Å². The zero-order valence-electron chi connectivity index (χ0n) is 22.5. The summed E-state index contributed by atoms with van der Waals surface area (Å²) in [7, 11) is 0. The Bertz CT molecular complexity index is 1090. The molecule has 0 unspecified atom stereocenters. The number of hydrogen-bond acceptors (Lipinski definition) is 1. The van der Waals surface area contributed by atoms with Crippen molar-refractivity contribution in [3.63, 3.8) is 0 Å². The van der Waals surface area contributed by atoms with Gasteiger partial charge in [0.1, 0.15) is 11.6 Å². The lowest BCUT2D eigenvalue weighted by Crippen LogP contribution is -2.26. The first kappa shape index (κ1) is 29.5. The van der Waals surface area contributed by atoms with Crippen LogP contribution in [0.3, 0.4) is 0 Å². The zero-order chi connectivity index (χ0) is 28.0. The van der Waals surface area contributed by atoms with Crippen molar-refractivity contribution in [1.82, 2.24) is 0 Å². The van der Waals surface area contributed by atoms with Gasteiger partial charge in [-0.15, -0.1) is 0 Å². The molecule has 7 heteroatoms. The van der Waals surface area contributed by atoms with Crippen LogP contribution < -0.4 is 4.74 Å². The fourth-order valence-corrected chi connectivity index (χ4v) is 6.38. The molecule has 0 aliphatic heterocycles.